The molecule has 2 aliphatic rings. The molecule has 3 nitrogen and oxygen atoms in total. The largest absolute Gasteiger partial charge is 0.389 e. The molecule has 3 N–H and O–H groups in total. The number of aliphatic hydroxyl groups is 1. The minimum absolute atomic E-state index is 0.125. The summed E-state index contributed by atoms with van der Waals surface area (Å²) in [7, 11) is 0. The predicted octanol–water partition coefficient (Wildman–Crippen LogP) is 2.32. The third-order valence-electron chi connectivity index (χ3n) is 5.33. The van der Waals surface area contributed by atoms with Crippen LogP contribution in [0.4, 0.5) is 0 Å². The second-order valence-corrected chi connectivity index (χ2v) is 7.38. The van der Waals surface area contributed by atoms with E-state index >= 15 is 0 Å². The highest BCUT2D eigenvalue weighted by Crippen LogP contribution is 2.54. The van der Waals surface area contributed by atoms with Gasteiger partial charge in [0.2, 0.25) is 0 Å². The van der Waals surface area contributed by atoms with Crippen molar-refractivity contribution in [1.29, 1.82) is 0 Å². The van der Waals surface area contributed by atoms with Crippen molar-refractivity contribution in [3.05, 3.63) is 0 Å². The number of ether oxygens (including phenoxy) is 1. The Balaban J connectivity index is 2.35. The molecule has 0 radical (unpaired) electrons. The number of rotatable bonds is 2. The Kier molecular flexibility index (Phi) is 3.79. The summed E-state index contributed by atoms with van der Waals surface area (Å²) in [5.74, 6) is 0.323. The molecule has 1 aliphatic heterocycles. The van der Waals surface area contributed by atoms with Crippen LogP contribution in [0.5, 0.6) is 0 Å². The summed E-state index contributed by atoms with van der Waals surface area (Å²) < 4.78 is 5.59. The van der Waals surface area contributed by atoms with Gasteiger partial charge in [-0.1, -0.05) is 33.6 Å². The molecule has 0 aromatic carbocycles. The molecule has 1 saturated heterocycles. The van der Waals surface area contributed by atoms with Crippen molar-refractivity contribution < 1.29 is 9.84 Å². The number of hydrogen-bond donors (Lipinski definition) is 2. The minimum atomic E-state index is -0.644. The maximum Gasteiger partial charge on any atom is 0.0771 e. The minimum Gasteiger partial charge on any atom is -0.389 e. The van der Waals surface area contributed by atoms with Crippen LogP contribution in [0.15, 0.2) is 0 Å². The molecule has 106 valence electrons. The van der Waals surface area contributed by atoms with Crippen LogP contribution < -0.4 is 5.73 Å². The van der Waals surface area contributed by atoms with Crippen LogP contribution in [0.1, 0.15) is 52.9 Å². The summed E-state index contributed by atoms with van der Waals surface area (Å²) >= 11 is 0. The van der Waals surface area contributed by atoms with Gasteiger partial charge in [0, 0.05) is 18.6 Å². The highest BCUT2D eigenvalue weighted by Gasteiger charge is 2.58. The molecular weight excluding hydrogens is 226 g/mol. The molecule has 0 spiro atoms. The molecule has 0 amide bonds. The molecule has 1 saturated carbocycles. The second kappa shape index (κ2) is 4.77. The lowest BCUT2D eigenvalue weighted by molar-refractivity contribution is -0.171. The molecule has 0 aromatic rings. The molecule has 18 heavy (non-hydrogen) atoms. The van der Waals surface area contributed by atoms with Gasteiger partial charge in [0.05, 0.1) is 12.2 Å². The molecule has 1 heterocycles. The lowest BCUT2D eigenvalue weighted by Gasteiger charge is -2.55. The Bertz CT molecular complexity index is 291. The lowest BCUT2D eigenvalue weighted by Crippen LogP contribution is -2.61. The van der Waals surface area contributed by atoms with Gasteiger partial charge in [0.25, 0.3) is 0 Å². The van der Waals surface area contributed by atoms with E-state index in [0.717, 1.165) is 32.3 Å². The standard InChI is InChI=1S/C15H29NO2/c1-13(2,3)12-6-4-5-7-15(12,17)14(10-16)8-9-18-11-14/h12,17H,4-11,16H2,1-3H3. The molecular formula is C15H29NO2. The molecule has 3 heteroatoms. The van der Waals surface area contributed by atoms with Crippen LogP contribution in [0.25, 0.3) is 0 Å². The third-order valence-corrected chi connectivity index (χ3v) is 5.33. The molecule has 2 rings (SSSR count). The summed E-state index contributed by atoms with van der Waals surface area (Å²) in [6.45, 7) is 8.65. The number of nitrogens with two attached hydrogens (primary N) is 1. The first-order chi connectivity index (χ1) is 8.36. The Morgan fingerprint density at radius 1 is 1.28 bits per heavy atom. The fourth-order valence-corrected chi connectivity index (χ4v) is 4.23. The van der Waals surface area contributed by atoms with E-state index < -0.39 is 5.60 Å². The van der Waals surface area contributed by atoms with Gasteiger partial charge in [-0.2, -0.15) is 0 Å². The zero-order chi connectivity index (χ0) is 13.4. The predicted molar refractivity (Wildman–Crippen MR) is 73.3 cm³/mol. The Morgan fingerprint density at radius 2 is 2.00 bits per heavy atom. The molecule has 1 aliphatic carbocycles. The maximum absolute atomic E-state index is 11.5. The normalized spacial score (nSPS) is 42.2. The molecule has 0 bridgehead atoms. The third kappa shape index (κ3) is 2.10. The lowest BCUT2D eigenvalue weighted by atomic mass is 9.54. The van der Waals surface area contributed by atoms with E-state index in [4.69, 9.17) is 10.5 Å². The highest BCUT2D eigenvalue weighted by molar-refractivity contribution is 5.08. The van der Waals surface area contributed by atoms with Gasteiger partial charge in [-0.15, -0.1) is 0 Å². The summed E-state index contributed by atoms with van der Waals surface area (Å²) in [4.78, 5) is 0. The SMILES string of the molecule is CC(C)(C)C1CCCCC1(O)C1(CN)CCOC1. The van der Waals surface area contributed by atoms with Crippen LogP contribution >= 0.6 is 0 Å². The molecule has 3 atom stereocenters. The maximum atomic E-state index is 11.5. The molecule has 0 aromatic heterocycles. The van der Waals surface area contributed by atoms with Crippen LogP contribution in [0.2, 0.25) is 0 Å². The van der Waals surface area contributed by atoms with E-state index in [2.05, 4.69) is 20.8 Å². The van der Waals surface area contributed by atoms with Gasteiger partial charge < -0.3 is 15.6 Å². The van der Waals surface area contributed by atoms with Crippen molar-refractivity contribution >= 4 is 0 Å². The van der Waals surface area contributed by atoms with Crippen LogP contribution in [-0.2, 0) is 4.74 Å². The average molecular weight is 255 g/mol. The first-order valence-electron chi connectivity index (χ1n) is 7.36. The first-order valence-corrected chi connectivity index (χ1v) is 7.36. The summed E-state index contributed by atoms with van der Waals surface area (Å²) in [6.07, 6.45) is 5.25. The van der Waals surface area contributed by atoms with E-state index in [0.29, 0.717) is 19.1 Å². The Hall–Kier alpha value is -0.120. The van der Waals surface area contributed by atoms with Crippen LogP contribution in [-0.4, -0.2) is 30.5 Å². The molecule has 2 fully saturated rings. The van der Waals surface area contributed by atoms with Gasteiger partial charge in [-0.05, 0) is 30.6 Å². The van der Waals surface area contributed by atoms with Crippen molar-refractivity contribution in [1.82, 2.24) is 0 Å². The van der Waals surface area contributed by atoms with E-state index in [1.165, 1.54) is 6.42 Å². The average Bonchev–Trinajstić information content (AvgIpc) is 2.78. The van der Waals surface area contributed by atoms with Gasteiger partial charge in [-0.25, -0.2) is 0 Å². The fraction of sp³-hybridized carbons (Fsp3) is 1.00. The number of hydrogen-bond acceptors (Lipinski definition) is 3. The smallest absolute Gasteiger partial charge is 0.0771 e. The van der Waals surface area contributed by atoms with Crippen molar-refractivity contribution in [3.63, 3.8) is 0 Å². The monoisotopic (exact) mass is 255 g/mol. The van der Waals surface area contributed by atoms with E-state index in [1.54, 1.807) is 0 Å². The van der Waals surface area contributed by atoms with Crippen molar-refractivity contribution in [2.75, 3.05) is 19.8 Å². The van der Waals surface area contributed by atoms with Gasteiger partial charge in [0.1, 0.15) is 0 Å². The van der Waals surface area contributed by atoms with E-state index in [-0.39, 0.29) is 10.8 Å². The first kappa shape index (κ1) is 14.3. The quantitative estimate of drug-likeness (QED) is 0.796. The Morgan fingerprint density at radius 3 is 2.50 bits per heavy atom. The Labute approximate surface area is 111 Å². The van der Waals surface area contributed by atoms with E-state index in [1.807, 2.05) is 0 Å². The zero-order valence-corrected chi connectivity index (χ0v) is 12.2. The van der Waals surface area contributed by atoms with E-state index in [9.17, 15) is 5.11 Å². The molecule has 3 unspecified atom stereocenters. The summed E-state index contributed by atoms with van der Waals surface area (Å²) in [5.41, 5.74) is 5.31. The summed E-state index contributed by atoms with van der Waals surface area (Å²) in [5, 5.41) is 11.5. The van der Waals surface area contributed by atoms with Gasteiger partial charge >= 0.3 is 0 Å². The van der Waals surface area contributed by atoms with Crippen molar-refractivity contribution in [2.45, 2.75) is 58.5 Å². The van der Waals surface area contributed by atoms with Crippen LogP contribution in [0, 0.1) is 16.7 Å². The van der Waals surface area contributed by atoms with Gasteiger partial charge in [0.15, 0.2) is 0 Å². The van der Waals surface area contributed by atoms with Crippen molar-refractivity contribution in [3.8, 4) is 0 Å². The van der Waals surface area contributed by atoms with Crippen LogP contribution in [0.3, 0.4) is 0 Å². The topological polar surface area (TPSA) is 55.5 Å². The highest BCUT2D eigenvalue weighted by atomic mass is 16.5. The fourth-order valence-electron chi connectivity index (χ4n) is 4.23. The van der Waals surface area contributed by atoms with Gasteiger partial charge in [-0.3, -0.25) is 0 Å². The zero-order valence-electron chi connectivity index (χ0n) is 12.2. The summed E-state index contributed by atoms with van der Waals surface area (Å²) in [6, 6.07) is 0. The second-order valence-electron chi connectivity index (χ2n) is 7.38. The van der Waals surface area contributed by atoms with Crippen molar-refractivity contribution in [2.24, 2.45) is 22.5 Å².